The Morgan fingerprint density at radius 1 is 1.45 bits per heavy atom. The van der Waals surface area contributed by atoms with Crippen LogP contribution in [0.25, 0.3) is 10.9 Å². The summed E-state index contributed by atoms with van der Waals surface area (Å²) in [6.45, 7) is 0. The minimum Gasteiger partial charge on any atom is -0.270 e. The first kappa shape index (κ1) is 6.53. The fraction of sp³-hybridized carbons (Fsp3) is 0. The highest BCUT2D eigenvalue weighted by molar-refractivity contribution is 9.10. The Labute approximate surface area is 68.9 Å². The highest BCUT2D eigenvalue weighted by atomic mass is 79.9. The minimum atomic E-state index is -0.288. The van der Waals surface area contributed by atoms with Gasteiger partial charge < -0.3 is 0 Å². The van der Waals surface area contributed by atoms with Crippen molar-refractivity contribution in [3.8, 4) is 0 Å². The molecule has 2 rings (SSSR count). The molecule has 2 aromatic rings. The summed E-state index contributed by atoms with van der Waals surface area (Å²) in [5.74, 6) is 0. The van der Waals surface area contributed by atoms with Crippen LogP contribution >= 0.6 is 15.9 Å². The third-order valence-corrected chi connectivity index (χ3v) is 1.94. The highest BCUT2D eigenvalue weighted by Gasteiger charge is 2.04. The molecule has 56 valence electrons. The standard InChI is InChI=1S/C5H3BrN4O/c6-4-2-1-7-10-5(11)3(2)8-9-4/h1H,(H,8,9)(H,10,11). The zero-order valence-corrected chi connectivity index (χ0v) is 6.84. The van der Waals surface area contributed by atoms with Crippen molar-refractivity contribution in [2.45, 2.75) is 0 Å². The second-order valence-corrected chi connectivity index (χ2v) is 2.79. The Bertz CT molecular complexity index is 445. The molecule has 0 atom stereocenters. The Balaban J connectivity index is 3.06. The van der Waals surface area contributed by atoms with E-state index >= 15 is 0 Å². The van der Waals surface area contributed by atoms with Crippen molar-refractivity contribution in [2.75, 3.05) is 0 Å². The first-order chi connectivity index (χ1) is 5.29. The van der Waals surface area contributed by atoms with Crippen LogP contribution in [0.1, 0.15) is 0 Å². The third kappa shape index (κ3) is 0.864. The molecule has 11 heavy (non-hydrogen) atoms. The first-order valence-corrected chi connectivity index (χ1v) is 3.65. The van der Waals surface area contributed by atoms with Gasteiger partial charge >= 0.3 is 0 Å². The van der Waals surface area contributed by atoms with Gasteiger partial charge in [0, 0.05) is 0 Å². The lowest BCUT2D eigenvalue weighted by molar-refractivity contribution is 1.00. The van der Waals surface area contributed by atoms with Gasteiger partial charge in [-0.1, -0.05) is 0 Å². The molecule has 2 aromatic heterocycles. The molecule has 0 saturated carbocycles. The van der Waals surface area contributed by atoms with Gasteiger partial charge in [-0.2, -0.15) is 10.2 Å². The van der Waals surface area contributed by atoms with E-state index in [9.17, 15) is 4.79 Å². The number of aromatic nitrogens is 4. The molecule has 0 aromatic carbocycles. The second-order valence-electron chi connectivity index (χ2n) is 2.00. The molecule has 0 fully saturated rings. The molecule has 0 spiro atoms. The number of nitrogens with one attached hydrogen (secondary N) is 2. The van der Waals surface area contributed by atoms with Crippen molar-refractivity contribution in [1.82, 2.24) is 20.4 Å². The molecule has 6 heteroatoms. The minimum absolute atomic E-state index is 0.288. The summed E-state index contributed by atoms with van der Waals surface area (Å²) >= 11 is 3.19. The van der Waals surface area contributed by atoms with E-state index in [0.717, 1.165) is 0 Å². The Kier molecular flexibility index (Phi) is 1.28. The van der Waals surface area contributed by atoms with Gasteiger partial charge in [-0.05, 0) is 15.9 Å². The molecular formula is C5H3BrN4O. The molecular weight excluding hydrogens is 212 g/mol. The van der Waals surface area contributed by atoms with Crippen LogP contribution in [0.4, 0.5) is 0 Å². The monoisotopic (exact) mass is 214 g/mol. The van der Waals surface area contributed by atoms with E-state index in [1.165, 1.54) is 6.20 Å². The fourth-order valence-electron chi connectivity index (χ4n) is 0.829. The summed E-state index contributed by atoms with van der Waals surface area (Å²) in [7, 11) is 0. The summed E-state index contributed by atoms with van der Waals surface area (Å²) < 4.78 is 0.672. The summed E-state index contributed by atoms with van der Waals surface area (Å²) in [6.07, 6.45) is 1.53. The van der Waals surface area contributed by atoms with Crippen LogP contribution < -0.4 is 5.56 Å². The average molecular weight is 215 g/mol. The molecule has 2 heterocycles. The summed E-state index contributed by atoms with van der Waals surface area (Å²) in [5.41, 5.74) is 0.0799. The Morgan fingerprint density at radius 2 is 2.27 bits per heavy atom. The van der Waals surface area contributed by atoms with Crippen LogP contribution in [0.2, 0.25) is 0 Å². The van der Waals surface area contributed by atoms with Crippen LogP contribution in [0, 0.1) is 0 Å². The molecule has 0 aliphatic carbocycles. The van der Waals surface area contributed by atoms with Crippen LogP contribution in [0.5, 0.6) is 0 Å². The second kappa shape index (κ2) is 2.16. The van der Waals surface area contributed by atoms with Crippen molar-refractivity contribution in [2.24, 2.45) is 0 Å². The van der Waals surface area contributed by atoms with E-state index in [2.05, 4.69) is 36.3 Å². The fourth-order valence-corrected chi connectivity index (χ4v) is 1.21. The predicted molar refractivity (Wildman–Crippen MR) is 42.2 cm³/mol. The number of halogens is 1. The first-order valence-electron chi connectivity index (χ1n) is 2.86. The number of H-pyrrole nitrogens is 2. The largest absolute Gasteiger partial charge is 0.292 e. The SMILES string of the molecule is O=c1[nH]ncc2c(Br)[nH]nc12. The molecule has 0 unspecified atom stereocenters. The number of rotatable bonds is 0. The molecule has 0 amide bonds. The van der Waals surface area contributed by atoms with E-state index in [4.69, 9.17) is 0 Å². The van der Waals surface area contributed by atoms with Gasteiger partial charge in [-0.25, -0.2) is 5.10 Å². The highest BCUT2D eigenvalue weighted by Crippen LogP contribution is 2.15. The van der Waals surface area contributed by atoms with Crippen molar-refractivity contribution in [1.29, 1.82) is 0 Å². The number of fused-ring (bicyclic) bond motifs is 1. The maximum atomic E-state index is 11.0. The van der Waals surface area contributed by atoms with Crippen molar-refractivity contribution < 1.29 is 0 Å². The van der Waals surface area contributed by atoms with Crippen LogP contribution in [-0.2, 0) is 0 Å². The molecule has 0 saturated heterocycles. The lowest BCUT2D eigenvalue weighted by atomic mass is 10.4. The van der Waals surface area contributed by atoms with Gasteiger partial charge in [0.05, 0.1) is 11.6 Å². The Hall–Kier alpha value is -1.17. The topological polar surface area (TPSA) is 74.4 Å². The van der Waals surface area contributed by atoms with E-state index in [0.29, 0.717) is 15.5 Å². The molecule has 0 aliphatic rings. The molecule has 0 radical (unpaired) electrons. The van der Waals surface area contributed by atoms with Gasteiger partial charge in [0.2, 0.25) is 0 Å². The normalized spacial score (nSPS) is 10.6. The van der Waals surface area contributed by atoms with Crippen molar-refractivity contribution >= 4 is 26.8 Å². The number of hydrogen-bond acceptors (Lipinski definition) is 3. The maximum absolute atomic E-state index is 11.0. The van der Waals surface area contributed by atoms with Crippen LogP contribution in [0.3, 0.4) is 0 Å². The summed E-state index contributed by atoms with van der Waals surface area (Å²) in [6, 6.07) is 0. The zero-order valence-electron chi connectivity index (χ0n) is 5.26. The van der Waals surface area contributed by atoms with Crippen molar-refractivity contribution in [3.63, 3.8) is 0 Å². The number of nitrogens with zero attached hydrogens (tertiary/aromatic N) is 2. The third-order valence-electron chi connectivity index (χ3n) is 1.33. The van der Waals surface area contributed by atoms with Gasteiger partial charge in [-0.3, -0.25) is 9.89 Å². The van der Waals surface area contributed by atoms with Gasteiger partial charge in [-0.15, -0.1) is 0 Å². The summed E-state index contributed by atoms with van der Waals surface area (Å²) in [4.78, 5) is 11.0. The van der Waals surface area contributed by atoms with Crippen LogP contribution in [-0.4, -0.2) is 20.4 Å². The smallest absolute Gasteiger partial charge is 0.270 e. The van der Waals surface area contributed by atoms with E-state index < -0.39 is 0 Å². The zero-order chi connectivity index (χ0) is 7.84. The predicted octanol–water partition coefficient (Wildman–Crippen LogP) is 0.409. The Morgan fingerprint density at radius 3 is 3.00 bits per heavy atom. The van der Waals surface area contributed by atoms with Crippen molar-refractivity contribution in [3.05, 3.63) is 21.2 Å². The average Bonchev–Trinajstić information content (AvgIpc) is 2.35. The van der Waals surface area contributed by atoms with Crippen LogP contribution in [0.15, 0.2) is 15.6 Å². The van der Waals surface area contributed by atoms with Gasteiger partial charge in [0.25, 0.3) is 5.56 Å². The lowest BCUT2D eigenvalue weighted by Gasteiger charge is -1.83. The van der Waals surface area contributed by atoms with Gasteiger partial charge in [0.1, 0.15) is 4.60 Å². The van der Waals surface area contributed by atoms with E-state index in [1.807, 2.05) is 0 Å². The molecule has 0 aliphatic heterocycles. The van der Waals surface area contributed by atoms with E-state index in [-0.39, 0.29) is 5.56 Å². The number of aromatic amines is 2. The van der Waals surface area contributed by atoms with E-state index in [1.54, 1.807) is 0 Å². The molecule has 5 nitrogen and oxygen atoms in total. The molecule has 0 bridgehead atoms. The summed E-state index contributed by atoms with van der Waals surface area (Å²) in [5, 5.41) is 13.0. The molecule has 2 N–H and O–H groups in total. The maximum Gasteiger partial charge on any atom is 0.292 e. The van der Waals surface area contributed by atoms with Gasteiger partial charge in [0.15, 0.2) is 5.52 Å². The quantitative estimate of drug-likeness (QED) is 0.668. The number of hydrogen-bond donors (Lipinski definition) is 2. The lowest BCUT2D eigenvalue weighted by Crippen LogP contribution is -2.06.